The Hall–Kier alpha value is -4.65. The smallest absolute Gasteiger partial charge is 0.336 e. The topological polar surface area (TPSA) is 86.2 Å². The lowest BCUT2D eigenvalue weighted by atomic mass is 10.1. The zero-order chi connectivity index (χ0) is 24.9. The van der Waals surface area contributed by atoms with Crippen molar-refractivity contribution in [3.63, 3.8) is 0 Å². The minimum atomic E-state index is -0.532. The molecule has 0 fully saturated rings. The van der Waals surface area contributed by atoms with Crippen LogP contribution in [0.4, 0.5) is 0 Å². The number of esters is 1. The first-order valence-electron chi connectivity index (χ1n) is 10.9. The van der Waals surface area contributed by atoms with Gasteiger partial charge in [-0.1, -0.05) is 54.6 Å². The molecule has 7 nitrogen and oxygen atoms in total. The molecule has 0 aromatic heterocycles. The van der Waals surface area contributed by atoms with Gasteiger partial charge in [0, 0.05) is 6.08 Å². The van der Waals surface area contributed by atoms with Crippen LogP contribution in [-0.4, -0.2) is 31.8 Å². The highest BCUT2D eigenvalue weighted by molar-refractivity contribution is 5.89. The number of ether oxygens (including phenoxy) is 3. The molecule has 7 heteroatoms. The summed E-state index contributed by atoms with van der Waals surface area (Å²) in [6, 6.07) is 21.8. The second-order valence-electron chi connectivity index (χ2n) is 7.26. The third-order valence-corrected chi connectivity index (χ3v) is 4.71. The maximum absolute atomic E-state index is 12.2. The Kier molecular flexibility index (Phi) is 9.39. The molecule has 3 aromatic rings. The van der Waals surface area contributed by atoms with Gasteiger partial charge in [-0.05, 0) is 53.5 Å². The monoisotopic (exact) mass is 470 g/mol. The van der Waals surface area contributed by atoms with E-state index in [2.05, 4.69) is 17.1 Å². The summed E-state index contributed by atoms with van der Waals surface area (Å²) in [6.07, 6.45) is 6.88. The summed E-state index contributed by atoms with van der Waals surface area (Å²) in [5.41, 5.74) is 4.89. The minimum Gasteiger partial charge on any atom is -0.493 e. The first-order chi connectivity index (χ1) is 17.1. The van der Waals surface area contributed by atoms with Gasteiger partial charge in [0.25, 0.3) is 5.91 Å². The zero-order valence-corrected chi connectivity index (χ0v) is 19.3. The van der Waals surface area contributed by atoms with Crippen LogP contribution in [0.15, 0.2) is 96.6 Å². The van der Waals surface area contributed by atoms with Crippen molar-refractivity contribution in [3.8, 4) is 17.2 Å². The van der Waals surface area contributed by atoms with Gasteiger partial charge in [0.05, 0.1) is 13.3 Å². The molecule has 0 atom stereocenters. The van der Waals surface area contributed by atoms with Crippen molar-refractivity contribution in [2.24, 2.45) is 5.10 Å². The van der Waals surface area contributed by atoms with Crippen molar-refractivity contribution in [1.29, 1.82) is 0 Å². The number of hydrogen-bond acceptors (Lipinski definition) is 6. The van der Waals surface area contributed by atoms with Crippen molar-refractivity contribution in [1.82, 2.24) is 5.43 Å². The third-order valence-electron chi connectivity index (χ3n) is 4.71. The lowest BCUT2D eigenvalue weighted by molar-refractivity contribution is -0.129. The summed E-state index contributed by atoms with van der Waals surface area (Å²) in [5.74, 6) is 0.305. The predicted octanol–water partition coefficient (Wildman–Crippen LogP) is 4.57. The van der Waals surface area contributed by atoms with Crippen LogP contribution in [-0.2, 0) is 16.0 Å². The summed E-state index contributed by atoms with van der Waals surface area (Å²) in [7, 11) is 1.47. The van der Waals surface area contributed by atoms with Gasteiger partial charge in [-0.25, -0.2) is 10.2 Å². The summed E-state index contributed by atoms with van der Waals surface area (Å²) >= 11 is 0. The van der Waals surface area contributed by atoms with Crippen LogP contribution >= 0.6 is 0 Å². The molecule has 0 saturated heterocycles. The van der Waals surface area contributed by atoms with Gasteiger partial charge in [-0.3, -0.25) is 4.79 Å². The molecule has 178 valence electrons. The lowest BCUT2D eigenvalue weighted by Crippen LogP contribution is -2.24. The van der Waals surface area contributed by atoms with E-state index in [9.17, 15) is 9.59 Å². The second-order valence-corrected chi connectivity index (χ2v) is 7.26. The molecular weight excluding hydrogens is 444 g/mol. The molecule has 1 N–H and O–H groups in total. The molecule has 0 bridgehead atoms. The second kappa shape index (κ2) is 13.2. The fourth-order valence-electron chi connectivity index (χ4n) is 3.04. The number of methoxy groups -OCH3 is 1. The molecule has 0 aliphatic carbocycles. The average molecular weight is 471 g/mol. The van der Waals surface area contributed by atoms with Crippen LogP contribution in [0.1, 0.15) is 16.7 Å². The van der Waals surface area contributed by atoms with E-state index < -0.39 is 11.9 Å². The maximum atomic E-state index is 12.2. The molecule has 0 aliphatic rings. The first kappa shape index (κ1) is 25.0. The standard InChI is InChI=1S/C28H26N2O5/c1-3-9-23-12-7-8-13-24(23)34-20-27(31)30-29-19-22-14-16-25(26(18-22)33-2)35-28(32)17-15-21-10-5-4-6-11-21/h3-8,10-19H,1,9,20H2,2H3,(H,30,31)/b17-15+,29-19-. The van der Waals surface area contributed by atoms with Gasteiger partial charge >= 0.3 is 5.97 Å². The molecule has 0 spiro atoms. The quantitative estimate of drug-likeness (QED) is 0.111. The largest absolute Gasteiger partial charge is 0.493 e. The van der Waals surface area contributed by atoms with E-state index in [1.165, 1.54) is 19.4 Å². The van der Waals surface area contributed by atoms with Gasteiger partial charge in [-0.2, -0.15) is 5.10 Å². The van der Waals surface area contributed by atoms with Crippen molar-refractivity contribution < 1.29 is 23.8 Å². The summed E-state index contributed by atoms with van der Waals surface area (Å²) in [6.45, 7) is 3.54. The zero-order valence-electron chi connectivity index (χ0n) is 19.3. The van der Waals surface area contributed by atoms with Crippen molar-refractivity contribution in [3.05, 3.63) is 108 Å². The number of allylic oxidation sites excluding steroid dienone is 1. The van der Waals surface area contributed by atoms with Crippen molar-refractivity contribution >= 4 is 24.2 Å². The normalized spacial score (nSPS) is 10.8. The van der Waals surface area contributed by atoms with E-state index in [-0.39, 0.29) is 12.4 Å². The fraction of sp³-hybridized carbons (Fsp3) is 0.107. The van der Waals surface area contributed by atoms with Gasteiger partial charge in [-0.15, -0.1) is 6.58 Å². The number of carbonyl (C=O) groups is 2. The third kappa shape index (κ3) is 8.01. The number of carbonyl (C=O) groups excluding carboxylic acids is 2. The SMILES string of the molecule is C=CCc1ccccc1OCC(=O)N/N=C\c1ccc(OC(=O)/C=C/c2ccccc2)c(OC)c1. The van der Waals surface area contributed by atoms with E-state index in [1.807, 2.05) is 48.5 Å². The van der Waals surface area contributed by atoms with E-state index in [4.69, 9.17) is 14.2 Å². The Morgan fingerprint density at radius 1 is 0.943 bits per heavy atom. The summed E-state index contributed by atoms with van der Waals surface area (Å²) in [5, 5.41) is 3.95. The molecule has 3 rings (SSSR count). The van der Waals surface area contributed by atoms with Gasteiger partial charge < -0.3 is 14.2 Å². The van der Waals surface area contributed by atoms with Gasteiger partial charge in [0.2, 0.25) is 0 Å². The molecule has 0 heterocycles. The first-order valence-corrected chi connectivity index (χ1v) is 10.9. The lowest BCUT2D eigenvalue weighted by Gasteiger charge is -2.09. The van der Waals surface area contributed by atoms with Crippen LogP contribution in [0.5, 0.6) is 17.2 Å². The van der Waals surface area contributed by atoms with Gasteiger partial charge in [0.1, 0.15) is 5.75 Å². The highest BCUT2D eigenvalue weighted by atomic mass is 16.6. The number of amides is 1. The molecular formula is C28H26N2O5. The fourth-order valence-corrected chi connectivity index (χ4v) is 3.04. The van der Waals surface area contributed by atoms with Crippen LogP contribution in [0.2, 0.25) is 0 Å². The van der Waals surface area contributed by atoms with E-state index in [0.29, 0.717) is 23.5 Å². The highest BCUT2D eigenvalue weighted by Gasteiger charge is 2.09. The Balaban J connectivity index is 1.53. The molecule has 0 saturated carbocycles. The summed E-state index contributed by atoms with van der Waals surface area (Å²) in [4.78, 5) is 24.2. The number of hydrazone groups is 1. The molecule has 0 radical (unpaired) electrons. The Morgan fingerprint density at radius 2 is 1.71 bits per heavy atom. The van der Waals surface area contributed by atoms with E-state index in [0.717, 1.165) is 11.1 Å². The molecule has 0 unspecified atom stereocenters. The predicted molar refractivity (Wildman–Crippen MR) is 136 cm³/mol. The number of para-hydroxylation sites is 1. The molecule has 35 heavy (non-hydrogen) atoms. The molecule has 1 amide bonds. The Bertz CT molecular complexity index is 1220. The van der Waals surface area contributed by atoms with Crippen molar-refractivity contribution in [2.45, 2.75) is 6.42 Å². The number of rotatable bonds is 11. The number of hydrogen-bond donors (Lipinski definition) is 1. The summed E-state index contributed by atoms with van der Waals surface area (Å²) < 4.78 is 16.3. The average Bonchev–Trinajstić information content (AvgIpc) is 2.88. The Morgan fingerprint density at radius 3 is 2.49 bits per heavy atom. The van der Waals surface area contributed by atoms with Crippen molar-refractivity contribution in [2.75, 3.05) is 13.7 Å². The van der Waals surface area contributed by atoms with Crippen LogP contribution in [0, 0.1) is 0 Å². The minimum absolute atomic E-state index is 0.180. The van der Waals surface area contributed by atoms with E-state index >= 15 is 0 Å². The highest BCUT2D eigenvalue weighted by Crippen LogP contribution is 2.28. The molecule has 3 aromatic carbocycles. The van der Waals surface area contributed by atoms with Gasteiger partial charge in [0.15, 0.2) is 18.1 Å². The van der Waals surface area contributed by atoms with Crippen LogP contribution in [0.3, 0.4) is 0 Å². The Labute approximate surface area is 204 Å². The molecule has 0 aliphatic heterocycles. The van der Waals surface area contributed by atoms with Crippen LogP contribution in [0.25, 0.3) is 6.08 Å². The maximum Gasteiger partial charge on any atom is 0.336 e. The number of nitrogens with zero attached hydrogens (tertiary/aromatic N) is 1. The van der Waals surface area contributed by atoms with E-state index in [1.54, 1.807) is 36.4 Å². The number of nitrogens with one attached hydrogen (secondary N) is 1. The number of benzene rings is 3. The van der Waals surface area contributed by atoms with Crippen LogP contribution < -0.4 is 19.6 Å².